The molecule has 5 heterocycles. The lowest BCUT2D eigenvalue weighted by molar-refractivity contribution is -0.0365. The third-order valence-electron chi connectivity index (χ3n) is 7.64. The molecule has 1 aromatic carbocycles. The third kappa shape index (κ3) is 5.22. The Morgan fingerprint density at radius 2 is 1.90 bits per heavy atom. The lowest BCUT2D eigenvalue weighted by Crippen LogP contribution is -2.60. The summed E-state index contributed by atoms with van der Waals surface area (Å²) in [6.45, 7) is 5.09. The predicted octanol–water partition coefficient (Wildman–Crippen LogP) is 6.09. The molecule has 12 heteroatoms. The monoisotopic (exact) mass is 608 g/mol. The largest absolute Gasteiger partial charge is 0.493 e. The molecule has 0 bridgehead atoms. The Morgan fingerprint density at radius 1 is 1.14 bits per heavy atom. The number of benzene rings is 1. The molecule has 4 aromatic rings. The average molecular weight is 610 g/mol. The minimum atomic E-state index is -0.792. The first kappa shape index (κ1) is 28.5. The fraction of sp³-hybridized carbons (Fsp3) is 0.400. The van der Waals surface area contributed by atoms with Gasteiger partial charge in [0.1, 0.15) is 23.7 Å². The van der Waals surface area contributed by atoms with E-state index in [1.807, 2.05) is 28.6 Å². The van der Waals surface area contributed by atoms with E-state index in [-0.39, 0.29) is 6.23 Å². The maximum Gasteiger partial charge on any atom is 0.162 e. The van der Waals surface area contributed by atoms with Gasteiger partial charge in [0.25, 0.3) is 0 Å². The van der Waals surface area contributed by atoms with Gasteiger partial charge in [0.2, 0.25) is 0 Å². The van der Waals surface area contributed by atoms with Crippen LogP contribution in [0.3, 0.4) is 0 Å². The number of hydrogen-bond donors (Lipinski definition) is 1. The molecule has 218 valence electrons. The SMILES string of the molecule is COc1cc2c(cc1O[C@H](C)c1c(Cl)cncc1Cl)c(-c1cnc(N3CC(C)(O)C3)c(C#N)c1)nn2C1CCCCO1. The first-order valence-electron chi connectivity index (χ1n) is 13.7. The number of aromatic nitrogens is 4. The molecular weight excluding hydrogens is 579 g/mol. The smallest absolute Gasteiger partial charge is 0.162 e. The van der Waals surface area contributed by atoms with Crippen LogP contribution in [-0.4, -0.2) is 57.3 Å². The van der Waals surface area contributed by atoms with Gasteiger partial charge in [-0.1, -0.05) is 23.2 Å². The number of pyridine rings is 2. The van der Waals surface area contributed by atoms with Crippen molar-refractivity contribution in [1.29, 1.82) is 5.26 Å². The normalized spacial score (nSPS) is 18.8. The standard InChI is InChI=1S/C30H30Cl2N6O4/c1-17(27-21(31)13-34-14-22(27)32)42-25-9-20-23(10-24(25)40-3)38(26-6-4-5-7-41-26)36-28(20)19-8-18(11-33)29(35-12-19)37-15-30(2,39)16-37/h8-10,12-14,17,26,39H,4-7,15-16H2,1-3H3/t17-,26?/m1/s1. The van der Waals surface area contributed by atoms with Crippen molar-refractivity contribution in [2.24, 2.45) is 0 Å². The summed E-state index contributed by atoms with van der Waals surface area (Å²) in [6.07, 6.45) is 6.86. The zero-order valence-corrected chi connectivity index (χ0v) is 25.0. The van der Waals surface area contributed by atoms with E-state index in [9.17, 15) is 10.4 Å². The number of anilines is 1. The van der Waals surface area contributed by atoms with E-state index in [1.165, 1.54) is 12.4 Å². The van der Waals surface area contributed by atoms with E-state index in [1.54, 1.807) is 26.3 Å². The van der Waals surface area contributed by atoms with Crippen molar-refractivity contribution in [3.8, 4) is 28.8 Å². The summed E-state index contributed by atoms with van der Waals surface area (Å²) in [5.74, 6) is 1.52. The van der Waals surface area contributed by atoms with Crippen LogP contribution in [0.25, 0.3) is 22.2 Å². The van der Waals surface area contributed by atoms with Crippen molar-refractivity contribution in [2.45, 2.75) is 51.0 Å². The minimum Gasteiger partial charge on any atom is -0.493 e. The molecule has 0 saturated carbocycles. The minimum absolute atomic E-state index is 0.245. The summed E-state index contributed by atoms with van der Waals surface area (Å²) in [5, 5.41) is 26.8. The molecular formula is C30H30Cl2N6O4. The van der Waals surface area contributed by atoms with Crippen LogP contribution < -0.4 is 14.4 Å². The molecule has 1 unspecified atom stereocenters. The van der Waals surface area contributed by atoms with Gasteiger partial charge in [-0.3, -0.25) is 4.98 Å². The average Bonchev–Trinajstić information content (AvgIpc) is 3.33. The van der Waals surface area contributed by atoms with Crippen LogP contribution in [0.5, 0.6) is 11.5 Å². The van der Waals surface area contributed by atoms with Crippen LogP contribution in [0.1, 0.15) is 56.6 Å². The summed E-state index contributed by atoms with van der Waals surface area (Å²) in [6, 6.07) is 7.81. The van der Waals surface area contributed by atoms with Crippen molar-refractivity contribution in [1.82, 2.24) is 19.7 Å². The molecule has 42 heavy (non-hydrogen) atoms. The maximum absolute atomic E-state index is 10.2. The van der Waals surface area contributed by atoms with E-state index in [0.717, 1.165) is 30.2 Å². The van der Waals surface area contributed by atoms with Gasteiger partial charge in [-0.05, 0) is 45.2 Å². The second kappa shape index (κ2) is 11.2. The first-order chi connectivity index (χ1) is 20.2. The number of methoxy groups -OCH3 is 1. The molecule has 0 spiro atoms. The number of nitrogens with zero attached hydrogens (tertiary/aromatic N) is 6. The summed E-state index contributed by atoms with van der Waals surface area (Å²) in [7, 11) is 1.58. The zero-order chi connectivity index (χ0) is 29.6. The molecule has 0 amide bonds. The molecule has 2 aliphatic heterocycles. The van der Waals surface area contributed by atoms with Crippen molar-refractivity contribution in [3.05, 3.63) is 58.0 Å². The second-order valence-electron chi connectivity index (χ2n) is 11.0. The van der Waals surface area contributed by atoms with E-state index in [2.05, 4.69) is 16.0 Å². The van der Waals surface area contributed by atoms with Crippen LogP contribution in [0, 0.1) is 11.3 Å². The van der Waals surface area contributed by atoms with E-state index < -0.39 is 11.7 Å². The van der Waals surface area contributed by atoms with Crippen molar-refractivity contribution in [3.63, 3.8) is 0 Å². The second-order valence-corrected chi connectivity index (χ2v) is 11.8. The van der Waals surface area contributed by atoms with Gasteiger partial charge >= 0.3 is 0 Å². The van der Waals surface area contributed by atoms with Crippen molar-refractivity contribution in [2.75, 3.05) is 31.7 Å². The molecule has 0 radical (unpaired) electrons. The Bertz CT molecular complexity index is 1670. The van der Waals surface area contributed by atoms with Crippen molar-refractivity contribution < 1.29 is 19.3 Å². The molecule has 3 aromatic heterocycles. The number of ether oxygens (including phenoxy) is 3. The lowest BCUT2D eigenvalue weighted by atomic mass is 9.96. The number of halogens is 2. The van der Waals surface area contributed by atoms with Crippen LogP contribution >= 0.6 is 23.2 Å². The number of nitriles is 1. The van der Waals surface area contributed by atoms with Gasteiger partial charge < -0.3 is 24.2 Å². The molecule has 2 atom stereocenters. The van der Waals surface area contributed by atoms with Gasteiger partial charge in [0, 0.05) is 60.9 Å². The number of aliphatic hydroxyl groups is 1. The highest BCUT2D eigenvalue weighted by molar-refractivity contribution is 6.35. The van der Waals surface area contributed by atoms with Crippen LogP contribution in [0.4, 0.5) is 5.82 Å². The molecule has 2 saturated heterocycles. The topological polar surface area (TPSA) is 119 Å². The van der Waals surface area contributed by atoms with Gasteiger partial charge in [-0.15, -0.1) is 0 Å². The molecule has 10 nitrogen and oxygen atoms in total. The predicted molar refractivity (Wildman–Crippen MR) is 159 cm³/mol. The highest BCUT2D eigenvalue weighted by Crippen LogP contribution is 2.42. The van der Waals surface area contributed by atoms with Crippen LogP contribution in [0.2, 0.25) is 10.0 Å². The van der Waals surface area contributed by atoms with E-state index in [4.69, 9.17) is 42.5 Å². The number of hydrogen-bond acceptors (Lipinski definition) is 9. The molecule has 0 aliphatic carbocycles. The zero-order valence-electron chi connectivity index (χ0n) is 23.5. The van der Waals surface area contributed by atoms with Crippen molar-refractivity contribution >= 4 is 39.9 Å². The summed E-state index contributed by atoms with van der Waals surface area (Å²) >= 11 is 12.8. The van der Waals surface area contributed by atoms with Crippen LogP contribution in [-0.2, 0) is 4.74 Å². The third-order valence-corrected chi connectivity index (χ3v) is 8.25. The molecule has 2 aliphatic rings. The first-order valence-corrected chi connectivity index (χ1v) is 14.5. The maximum atomic E-state index is 10.2. The van der Waals surface area contributed by atoms with Gasteiger partial charge in [0.15, 0.2) is 17.7 Å². The molecule has 2 fully saturated rings. The highest BCUT2D eigenvalue weighted by atomic mass is 35.5. The molecule has 6 rings (SSSR count). The van der Waals surface area contributed by atoms with Gasteiger partial charge in [-0.25, -0.2) is 9.67 Å². The Morgan fingerprint density at radius 3 is 2.55 bits per heavy atom. The van der Waals surface area contributed by atoms with E-state index >= 15 is 0 Å². The van der Waals surface area contributed by atoms with E-state index in [0.29, 0.717) is 69.4 Å². The number of fused-ring (bicyclic) bond motifs is 1. The Labute approximate surface area is 253 Å². The Kier molecular flexibility index (Phi) is 7.62. The summed E-state index contributed by atoms with van der Waals surface area (Å²) in [4.78, 5) is 10.6. The number of rotatable bonds is 7. The summed E-state index contributed by atoms with van der Waals surface area (Å²) < 4.78 is 20.1. The Hall–Kier alpha value is -3.62. The quantitative estimate of drug-likeness (QED) is 0.266. The lowest BCUT2D eigenvalue weighted by Gasteiger charge is -2.45. The van der Waals surface area contributed by atoms with Crippen LogP contribution in [0.15, 0.2) is 36.8 Å². The molecule has 1 N–H and O–H groups in total. The highest BCUT2D eigenvalue weighted by Gasteiger charge is 2.38. The fourth-order valence-electron chi connectivity index (χ4n) is 5.65. The Balaban J connectivity index is 1.46. The fourth-order valence-corrected chi connectivity index (χ4v) is 6.32. The van der Waals surface area contributed by atoms with Gasteiger partial charge in [-0.2, -0.15) is 10.4 Å². The summed E-state index contributed by atoms with van der Waals surface area (Å²) in [5.41, 5.74) is 2.33. The van der Waals surface area contributed by atoms with Gasteiger partial charge in [0.05, 0.1) is 33.8 Å². The number of β-amino-alcohol motifs (C(OH)–C–C–N with tert-alkyl or cyclic N) is 1.